The number of benzene rings is 1. The van der Waals surface area contributed by atoms with Crippen molar-refractivity contribution in [1.29, 1.82) is 0 Å². The maximum absolute atomic E-state index is 13.2. The molecule has 5 heteroatoms. The molecule has 3 rings (SSSR count). The molecule has 1 aromatic rings. The number of likely N-dealkylation sites (tertiary alicyclic amines) is 1. The molecular formula is C22H30N2O3. The quantitative estimate of drug-likeness (QED) is 0.722. The highest BCUT2D eigenvalue weighted by molar-refractivity contribution is 6.35. The molecule has 0 N–H and O–H groups in total. The molecule has 0 spiro atoms. The minimum absolute atomic E-state index is 0.0744. The minimum Gasteiger partial charge on any atom is -0.377 e. The minimum atomic E-state index is -0.204. The van der Waals surface area contributed by atoms with Gasteiger partial charge < -0.3 is 9.64 Å². The number of carbonyl (C=O) groups excluding carboxylic acids is 2. The highest BCUT2D eigenvalue weighted by atomic mass is 16.5. The van der Waals surface area contributed by atoms with Crippen LogP contribution in [-0.2, 0) is 14.3 Å². The van der Waals surface area contributed by atoms with Gasteiger partial charge in [0.15, 0.2) is 0 Å². The summed E-state index contributed by atoms with van der Waals surface area (Å²) < 4.78 is 5.57. The summed E-state index contributed by atoms with van der Waals surface area (Å²) >= 11 is 0. The fourth-order valence-electron chi connectivity index (χ4n) is 3.65. The van der Waals surface area contributed by atoms with Gasteiger partial charge in [-0.05, 0) is 45.1 Å². The maximum atomic E-state index is 13.2. The third-order valence-corrected chi connectivity index (χ3v) is 5.35. The Bertz CT molecular complexity index is 728. The predicted molar refractivity (Wildman–Crippen MR) is 106 cm³/mol. The second-order valence-corrected chi connectivity index (χ2v) is 7.94. The molecule has 0 bridgehead atoms. The van der Waals surface area contributed by atoms with Crippen LogP contribution in [0.2, 0.25) is 0 Å². The lowest BCUT2D eigenvalue weighted by molar-refractivity contribution is -0.138. The van der Waals surface area contributed by atoms with E-state index in [1.165, 1.54) is 4.90 Å². The third-order valence-electron chi connectivity index (χ3n) is 5.35. The number of hydrogen-bond donors (Lipinski definition) is 0. The molecule has 146 valence electrons. The normalized spacial score (nSPS) is 19.0. The average molecular weight is 370 g/mol. The van der Waals surface area contributed by atoms with Crippen LogP contribution in [0, 0.1) is 12.8 Å². The first-order chi connectivity index (χ1) is 12.9. The molecule has 0 aromatic heterocycles. The fourth-order valence-corrected chi connectivity index (χ4v) is 3.65. The molecule has 1 saturated heterocycles. The van der Waals surface area contributed by atoms with Crippen molar-refractivity contribution in [1.82, 2.24) is 9.80 Å². The van der Waals surface area contributed by atoms with Crippen LogP contribution in [0.15, 0.2) is 30.0 Å². The highest BCUT2D eigenvalue weighted by Gasteiger charge is 2.41. The third kappa shape index (κ3) is 4.24. The fraction of sp³-hybridized carbons (Fsp3) is 0.545. The Morgan fingerprint density at radius 1 is 1.07 bits per heavy atom. The number of aryl methyl sites for hydroxylation is 1. The van der Waals surface area contributed by atoms with Gasteiger partial charge in [-0.15, -0.1) is 0 Å². The molecule has 5 nitrogen and oxygen atoms in total. The number of ether oxygens (including phenoxy) is 1. The van der Waals surface area contributed by atoms with Crippen LogP contribution in [-0.4, -0.2) is 54.0 Å². The first-order valence-electron chi connectivity index (χ1n) is 9.92. The lowest BCUT2D eigenvalue weighted by atomic mass is 9.97. The van der Waals surface area contributed by atoms with Gasteiger partial charge in [0, 0.05) is 13.1 Å². The topological polar surface area (TPSA) is 49.9 Å². The van der Waals surface area contributed by atoms with Crippen LogP contribution in [0.25, 0.3) is 5.57 Å². The molecule has 2 aliphatic rings. The van der Waals surface area contributed by atoms with E-state index in [0.29, 0.717) is 30.3 Å². The van der Waals surface area contributed by atoms with Gasteiger partial charge in [-0.2, -0.15) is 0 Å². The number of amides is 2. The molecule has 2 heterocycles. The molecule has 0 unspecified atom stereocenters. The summed E-state index contributed by atoms with van der Waals surface area (Å²) in [5, 5.41) is 0. The summed E-state index contributed by atoms with van der Waals surface area (Å²) in [5.74, 6) is 0.273. The van der Waals surface area contributed by atoms with Crippen molar-refractivity contribution in [3.05, 3.63) is 41.1 Å². The van der Waals surface area contributed by atoms with Crippen molar-refractivity contribution < 1.29 is 14.3 Å². The van der Waals surface area contributed by atoms with E-state index in [-0.39, 0.29) is 17.9 Å². The van der Waals surface area contributed by atoms with Crippen LogP contribution in [0.5, 0.6) is 0 Å². The largest absolute Gasteiger partial charge is 0.377 e. The molecular weight excluding hydrogens is 340 g/mol. The van der Waals surface area contributed by atoms with Crippen molar-refractivity contribution in [3.8, 4) is 0 Å². The molecule has 1 aromatic carbocycles. The van der Waals surface area contributed by atoms with Crippen LogP contribution >= 0.6 is 0 Å². The van der Waals surface area contributed by atoms with E-state index >= 15 is 0 Å². The number of piperidine rings is 1. The van der Waals surface area contributed by atoms with Crippen LogP contribution < -0.4 is 0 Å². The van der Waals surface area contributed by atoms with Gasteiger partial charge in [-0.25, -0.2) is 0 Å². The van der Waals surface area contributed by atoms with Gasteiger partial charge in [0.1, 0.15) is 5.70 Å². The van der Waals surface area contributed by atoms with Crippen LogP contribution in [0.4, 0.5) is 0 Å². The van der Waals surface area contributed by atoms with Crippen molar-refractivity contribution in [2.24, 2.45) is 5.92 Å². The molecule has 27 heavy (non-hydrogen) atoms. The van der Waals surface area contributed by atoms with Gasteiger partial charge in [0.2, 0.25) is 0 Å². The maximum Gasteiger partial charge on any atom is 0.277 e. The Hall–Kier alpha value is -2.14. The first-order valence-corrected chi connectivity index (χ1v) is 9.92. The van der Waals surface area contributed by atoms with Crippen LogP contribution in [0.1, 0.15) is 44.7 Å². The summed E-state index contributed by atoms with van der Waals surface area (Å²) in [7, 11) is 0. The van der Waals surface area contributed by atoms with E-state index in [2.05, 4.69) is 11.8 Å². The van der Waals surface area contributed by atoms with Crippen molar-refractivity contribution >= 4 is 17.4 Å². The zero-order chi connectivity index (χ0) is 19.6. The number of rotatable bonds is 6. The average Bonchev–Trinajstić information content (AvgIpc) is 2.87. The Morgan fingerprint density at radius 3 is 2.30 bits per heavy atom. The standard InChI is InChI=1S/C22H30N2O3/c1-15(2)27-14-13-24-21(25)19(18-7-5-16(3)6-8-18)20(22(24)26)23-11-9-17(4)10-12-23/h5-8,15,17H,9-14H2,1-4H3. The Balaban J connectivity index is 1.92. The van der Waals surface area contributed by atoms with Gasteiger partial charge in [0.25, 0.3) is 11.8 Å². The van der Waals surface area contributed by atoms with Crippen molar-refractivity contribution in [3.63, 3.8) is 0 Å². The number of hydrogen-bond acceptors (Lipinski definition) is 4. The van der Waals surface area contributed by atoms with E-state index < -0.39 is 0 Å². The molecule has 0 atom stereocenters. The van der Waals surface area contributed by atoms with E-state index in [1.807, 2.05) is 45.0 Å². The second-order valence-electron chi connectivity index (χ2n) is 7.94. The van der Waals surface area contributed by atoms with E-state index in [1.54, 1.807) is 0 Å². The number of carbonyl (C=O) groups is 2. The highest BCUT2D eigenvalue weighted by Crippen LogP contribution is 2.33. The van der Waals surface area contributed by atoms with Gasteiger partial charge in [0.05, 0.1) is 24.8 Å². The van der Waals surface area contributed by atoms with E-state index in [9.17, 15) is 9.59 Å². The van der Waals surface area contributed by atoms with Crippen molar-refractivity contribution in [2.45, 2.75) is 46.6 Å². The number of nitrogens with zero attached hydrogens (tertiary/aromatic N) is 2. The molecule has 0 saturated carbocycles. The second kappa shape index (κ2) is 8.26. The summed E-state index contributed by atoms with van der Waals surface area (Å²) in [4.78, 5) is 29.8. The molecule has 0 aliphatic carbocycles. The van der Waals surface area contributed by atoms with Gasteiger partial charge in [-0.1, -0.05) is 36.8 Å². The first kappa shape index (κ1) is 19.6. The SMILES string of the molecule is Cc1ccc(C2=C(N3CCC(C)CC3)C(=O)N(CCOC(C)C)C2=O)cc1. The molecule has 0 radical (unpaired) electrons. The zero-order valence-corrected chi connectivity index (χ0v) is 16.8. The summed E-state index contributed by atoms with van der Waals surface area (Å²) in [6.45, 7) is 10.4. The molecule has 2 amide bonds. The van der Waals surface area contributed by atoms with Gasteiger partial charge >= 0.3 is 0 Å². The van der Waals surface area contributed by atoms with Crippen LogP contribution in [0.3, 0.4) is 0 Å². The summed E-state index contributed by atoms with van der Waals surface area (Å²) in [6.07, 6.45) is 2.16. The number of imide groups is 1. The monoisotopic (exact) mass is 370 g/mol. The van der Waals surface area contributed by atoms with Gasteiger partial charge in [-0.3, -0.25) is 14.5 Å². The summed E-state index contributed by atoms with van der Waals surface area (Å²) in [5.41, 5.74) is 3.06. The smallest absolute Gasteiger partial charge is 0.277 e. The summed E-state index contributed by atoms with van der Waals surface area (Å²) in [6, 6.07) is 7.86. The van der Waals surface area contributed by atoms with Crippen molar-refractivity contribution in [2.75, 3.05) is 26.2 Å². The lowest BCUT2D eigenvalue weighted by Crippen LogP contribution is -2.39. The molecule has 2 aliphatic heterocycles. The Kier molecular flexibility index (Phi) is 6.00. The zero-order valence-electron chi connectivity index (χ0n) is 16.8. The predicted octanol–water partition coefficient (Wildman–Crippen LogP) is 3.23. The Labute approximate surface area is 162 Å². The molecule has 1 fully saturated rings. The Morgan fingerprint density at radius 2 is 1.70 bits per heavy atom. The van der Waals surface area contributed by atoms with E-state index in [4.69, 9.17) is 4.74 Å². The lowest BCUT2D eigenvalue weighted by Gasteiger charge is -2.32. The van der Waals surface area contributed by atoms with E-state index in [0.717, 1.165) is 37.1 Å².